The molecule has 0 amide bonds. The molecule has 3 heteroatoms. The maximum atomic E-state index is 9.75. The van der Waals surface area contributed by atoms with Crippen LogP contribution in [0, 0.1) is 6.92 Å². The molecule has 2 rings (SSSR count). The van der Waals surface area contributed by atoms with Gasteiger partial charge in [0.05, 0.1) is 0 Å². The van der Waals surface area contributed by atoms with E-state index in [1.165, 1.54) is 0 Å². The Morgan fingerprint density at radius 3 is 2.57 bits per heavy atom. The van der Waals surface area contributed by atoms with Crippen LogP contribution in [0.15, 0.2) is 18.2 Å². The Bertz CT molecular complexity index is 344. The zero-order valence-electron chi connectivity index (χ0n) is 8.41. The summed E-state index contributed by atoms with van der Waals surface area (Å²) in [5.41, 5.74) is 0.210. The first kappa shape index (κ1) is 9.34. The highest BCUT2D eigenvalue weighted by Crippen LogP contribution is 2.31. The van der Waals surface area contributed by atoms with Gasteiger partial charge in [-0.2, -0.15) is 0 Å². The van der Waals surface area contributed by atoms with Crippen LogP contribution in [0.3, 0.4) is 0 Å². The third kappa shape index (κ3) is 1.82. The van der Waals surface area contributed by atoms with Crippen molar-refractivity contribution in [3.63, 3.8) is 0 Å². The fourth-order valence-electron chi connectivity index (χ4n) is 1.36. The highest BCUT2D eigenvalue weighted by Gasteiger charge is 2.26. The number of aliphatic hydroxyl groups is 1. The molecule has 0 radical (unpaired) electrons. The zero-order valence-corrected chi connectivity index (χ0v) is 8.41. The molecule has 76 valence electrons. The SMILES string of the molecule is Cc1ccc2c(c1)OCC(C)(O)CO2. The molecule has 1 heterocycles. The fraction of sp³-hybridized carbons (Fsp3) is 0.455. The highest BCUT2D eigenvalue weighted by molar-refractivity contribution is 5.43. The van der Waals surface area contributed by atoms with Gasteiger partial charge in [0.1, 0.15) is 18.8 Å². The third-order valence-corrected chi connectivity index (χ3v) is 2.18. The minimum atomic E-state index is -0.910. The summed E-state index contributed by atoms with van der Waals surface area (Å²) < 4.78 is 10.9. The minimum absolute atomic E-state index is 0.267. The van der Waals surface area contributed by atoms with Gasteiger partial charge in [-0.15, -0.1) is 0 Å². The van der Waals surface area contributed by atoms with Gasteiger partial charge < -0.3 is 14.6 Å². The lowest BCUT2D eigenvalue weighted by Crippen LogP contribution is -2.37. The molecular weight excluding hydrogens is 180 g/mol. The summed E-state index contributed by atoms with van der Waals surface area (Å²) in [6.07, 6.45) is 0. The lowest BCUT2D eigenvalue weighted by molar-refractivity contribution is -0.0121. The molecular formula is C11H14O3. The van der Waals surface area contributed by atoms with Gasteiger partial charge in [-0.1, -0.05) is 6.07 Å². The average molecular weight is 194 g/mol. The van der Waals surface area contributed by atoms with Crippen molar-refractivity contribution in [1.82, 2.24) is 0 Å². The molecule has 1 aliphatic rings. The second-order valence-electron chi connectivity index (χ2n) is 4.02. The molecule has 0 bridgehead atoms. The Kier molecular flexibility index (Phi) is 2.11. The van der Waals surface area contributed by atoms with Crippen LogP contribution in [-0.2, 0) is 0 Å². The molecule has 1 aromatic carbocycles. The standard InChI is InChI=1S/C11H14O3/c1-8-3-4-9-10(5-8)14-7-11(2,12)6-13-9/h3-5,12H,6-7H2,1-2H3. The Labute approximate surface area is 83.3 Å². The van der Waals surface area contributed by atoms with Gasteiger partial charge in [-0.05, 0) is 31.5 Å². The molecule has 0 saturated heterocycles. The van der Waals surface area contributed by atoms with Crippen molar-refractivity contribution in [2.45, 2.75) is 19.4 Å². The summed E-state index contributed by atoms with van der Waals surface area (Å²) in [6, 6.07) is 5.74. The van der Waals surface area contributed by atoms with Gasteiger partial charge in [-0.25, -0.2) is 0 Å². The van der Waals surface area contributed by atoms with Crippen molar-refractivity contribution in [2.75, 3.05) is 13.2 Å². The van der Waals surface area contributed by atoms with Gasteiger partial charge in [0.2, 0.25) is 0 Å². The lowest BCUT2D eigenvalue weighted by Gasteiger charge is -2.18. The molecule has 0 spiro atoms. The van der Waals surface area contributed by atoms with Crippen molar-refractivity contribution in [3.8, 4) is 11.5 Å². The summed E-state index contributed by atoms with van der Waals surface area (Å²) in [4.78, 5) is 0. The van der Waals surface area contributed by atoms with Crippen molar-refractivity contribution in [2.24, 2.45) is 0 Å². The summed E-state index contributed by atoms with van der Waals surface area (Å²) in [5, 5.41) is 9.75. The highest BCUT2D eigenvalue weighted by atomic mass is 16.6. The molecule has 1 N–H and O–H groups in total. The number of hydrogen-bond acceptors (Lipinski definition) is 3. The van der Waals surface area contributed by atoms with Gasteiger partial charge in [0.15, 0.2) is 11.5 Å². The monoisotopic (exact) mass is 194 g/mol. The van der Waals surface area contributed by atoms with Crippen molar-refractivity contribution in [1.29, 1.82) is 0 Å². The first-order valence-corrected chi connectivity index (χ1v) is 4.65. The predicted molar refractivity (Wildman–Crippen MR) is 52.8 cm³/mol. The van der Waals surface area contributed by atoms with Crippen LogP contribution in [0.1, 0.15) is 12.5 Å². The Hall–Kier alpha value is -1.22. The van der Waals surface area contributed by atoms with E-state index in [1.807, 2.05) is 25.1 Å². The summed E-state index contributed by atoms with van der Waals surface area (Å²) >= 11 is 0. The molecule has 0 saturated carbocycles. The van der Waals surface area contributed by atoms with Gasteiger partial charge in [0.25, 0.3) is 0 Å². The summed E-state index contributed by atoms with van der Waals surface area (Å²) in [5.74, 6) is 1.41. The van der Waals surface area contributed by atoms with E-state index in [9.17, 15) is 5.11 Å². The summed E-state index contributed by atoms with van der Waals surface area (Å²) in [6.45, 7) is 4.23. The van der Waals surface area contributed by atoms with Crippen molar-refractivity contribution >= 4 is 0 Å². The topological polar surface area (TPSA) is 38.7 Å². The van der Waals surface area contributed by atoms with Crippen LogP contribution in [-0.4, -0.2) is 23.9 Å². The molecule has 14 heavy (non-hydrogen) atoms. The Balaban J connectivity index is 2.30. The van der Waals surface area contributed by atoms with Crippen LogP contribution < -0.4 is 9.47 Å². The van der Waals surface area contributed by atoms with Crippen LogP contribution >= 0.6 is 0 Å². The average Bonchev–Trinajstić information content (AvgIpc) is 2.26. The van der Waals surface area contributed by atoms with Gasteiger partial charge >= 0.3 is 0 Å². The fourth-order valence-corrected chi connectivity index (χ4v) is 1.36. The van der Waals surface area contributed by atoms with Gasteiger partial charge in [0, 0.05) is 0 Å². The smallest absolute Gasteiger partial charge is 0.161 e. The second kappa shape index (κ2) is 3.17. The van der Waals surface area contributed by atoms with E-state index in [4.69, 9.17) is 9.47 Å². The van der Waals surface area contributed by atoms with Crippen LogP contribution in [0.2, 0.25) is 0 Å². The van der Waals surface area contributed by atoms with E-state index in [1.54, 1.807) is 6.92 Å². The number of hydrogen-bond donors (Lipinski definition) is 1. The zero-order chi connectivity index (χ0) is 10.2. The van der Waals surface area contributed by atoms with Gasteiger partial charge in [-0.3, -0.25) is 0 Å². The van der Waals surface area contributed by atoms with E-state index in [0.717, 1.165) is 5.56 Å². The lowest BCUT2D eigenvalue weighted by atomic mass is 10.1. The minimum Gasteiger partial charge on any atom is -0.487 e. The maximum Gasteiger partial charge on any atom is 0.161 e. The molecule has 0 aromatic heterocycles. The van der Waals surface area contributed by atoms with Crippen molar-refractivity contribution in [3.05, 3.63) is 23.8 Å². The largest absolute Gasteiger partial charge is 0.487 e. The first-order chi connectivity index (χ1) is 6.57. The number of aryl methyl sites for hydroxylation is 1. The first-order valence-electron chi connectivity index (χ1n) is 4.65. The van der Waals surface area contributed by atoms with Crippen LogP contribution in [0.5, 0.6) is 11.5 Å². The number of benzene rings is 1. The van der Waals surface area contributed by atoms with E-state index < -0.39 is 5.60 Å². The quantitative estimate of drug-likeness (QED) is 0.680. The predicted octanol–water partition coefficient (Wildman–Crippen LogP) is 1.52. The summed E-state index contributed by atoms with van der Waals surface area (Å²) in [7, 11) is 0. The number of rotatable bonds is 0. The van der Waals surface area contributed by atoms with E-state index >= 15 is 0 Å². The molecule has 1 aromatic rings. The maximum absolute atomic E-state index is 9.75. The molecule has 0 fully saturated rings. The molecule has 0 aliphatic carbocycles. The third-order valence-electron chi connectivity index (χ3n) is 2.18. The Morgan fingerprint density at radius 1 is 1.21 bits per heavy atom. The second-order valence-corrected chi connectivity index (χ2v) is 4.02. The number of ether oxygens (including phenoxy) is 2. The molecule has 3 nitrogen and oxygen atoms in total. The molecule has 1 atom stereocenters. The number of fused-ring (bicyclic) bond motifs is 1. The molecule has 1 aliphatic heterocycles. The molecule has 1 unspecified atom stereocenters. The van der Waals surface area contributed by atoms with Crippen LogP contribution in [0.25, 0.3) is 0 Å². The normalized spacial score (nSPS) is 25.6. The van der Waals surface area contributed by atoms with E-state index in [2.05, 4.69) is 0 Å². The van der Waals surface area contributed by atoms with E-state index in [0.29, 0.717) is 11.5 Å². The van der Waals surface area contributed by atoms with Crippen LogP contribution in [0.4, 0.5) is 0 Å². The van der Waals surface area contributed by atoms with Crippen molar-refractivity contribution < 1.29 is 14.6 Å². The van der Waals surface area contributed by atoms with E-state index in [-0.39, 0.29) is 13.2 Å². The Morgan fingerprint density at radius 2 is 1.86 bits per heavy atom.